The molecule has 4 nitrogen and oxygen atoms in total. The molecule has 1 aromatic carbocycles. The van der Waals surface area contributed by atoms with Crippen molar-refractivity contribution in [1.29, 1.82) is 0 Å². The summed E-state index contributed by atoms with van der Waals surface area (Å²) in [6, 6.07) is 9.86. The lowest BCUT2D eigenvalue weighted by Crippen LogP contribution is -2.02. The van der Waals surface area contributed by atoms with Crippen molar-refractivity contribution in [2.75, 3.05) is 6.61 Å². The van der Waals surface area contributed by atoms with E-state index >= 15 is 0 Å². The number of para-hydroxylation sites is 1. The molecule has 0 atom stereocenters. The number of rotatable bonds is 4. The van der Waals surface area contributed by atoms with Gasteiger partial charge in [0.15, 0.2) is 0 Å². The number of aliphatic hydroxyl groups excluding tert-OH is 1. The molecule has 2 aromatic rings. The zero-order valence-electron chi connectivity index (χ0n) is 8.37. The molecule has 0 amide bonds. The van der Waals surface area contributed by atoms with Gasteiger partial charge in [0.1, 0.15) is 0 Å². The molecular formula is C11H13N3O. The van der Waals surface area contributed by atoms with Gasteiger partial charge in [0.05, 0.1) is 17.6 Å². The summed E-state index contributed by atoms with van der Waals surface area (Å²) in [6.07, 6.45) is 3.27. The van der Waals surface area contributed by atoms with Gasteiger partial charge in [-0.1, -0.05) is 23.4 Å². The van der Waals surface area contributed by atoms with Crippen molar-refractivity contribution in [2.45, 2.75) is 12.8 Å². The third kappa shape index (κ3) is 2.22. The number of aliphatic hydroxyl groups is 1. The quantitative estimate of drug-likeness (QED) is 0.812. The van der Waals surface area contributed by atoms with E-state index < -0.39 is 0 Å². The largest absolute Gasteiger partial charge is 0.396 e. The molecule has 1 N–H and O–H groups in total. The van der Waals surface area contributed by atoms with Crippen LogP contribution in [0.1, 0.15) is 12.1 Å². The molecule has 0 aliphatic heterocycles. The van der Waals surface area contributed by atoms with E-state index in [2.05, 4.69) is 10.3 Å². The molecule has 0 saturated carbocycles. The van der Waals surface area contributed by atoms with E-state index in [9.17, 15) is 0 Å². The lowest BCUT2D eigenvalue weighted by Gasteiger charge is -2.04. The Morgan fingerprint density at radius 1 is 1.20 bits per heavy atom. The van der Waals surface area contributed by atoms with Crippen LogP contribution in [0.4, 0.5) is 0 Å². The minimum Gasteiger partial charge on any atom is -0.396 e. The van der Waals surface area contributed by atoms with Gasteiger partial charge in [0.25, 0.3) is 0 Å². The zero-order chi connectivity index (χ0) is 10.5. The van der Waals surface area contributed by atoms with Gasteiger partial charge in [-0.2, -0.15) is 0 Å². The third-order valence-corrected chi connectivity index (χ3v) is 2.21. The summed E-state index contributed by atoms with van der Waals surface area (Å²) in [6.45, 7) is 0.194. The maximum Gasteiger partial charge on any atom is 0.0729 e. The van der Waals surface area contributed by atoms with E-state index in [1.807, 2.05) is 30.3 Å². The van der Waals surface area contributed by atoms with Crippen molar-refractivity contribution in [3.8, 4) is 5.69 Å². The Hall–Kier alpha value is -1.68. The average molecular weight is 203 g/mol. The summed E-state index contributed by atoms with van der Waals surface area (Å²) in [5, 5.41) is 16.7. The Morgan fingerprint density at radius 2 is 2.00 bits per heavy atom. The molecule has 0 fully saturated rings. The first-order valence-corrected chi connectivity index (χ1v) is 4.97. The minimum absolute atomic E-state index is 0.194. The third-order valence-electron chi connectivity index (χ3n) is 2.21. The predicted octanol–water partition coefficient (Wildman–Crippen LogP) is 1.19. The summed E-state index contributed by atoms with van der Waals surface area (Å²) in [4.78, 5) is 0. The standard InChI is InChI=1S/C11H13N3O/c15-8-4-7-11-9-12-13-14(11)10-5-2-1-3-6-10/h1-3,5-6,9,15H,4,7-8H2. The van der Waals surface area contributed by atoms with Crippen LogP contribution in [0, 0.1) is 0 Å². The van der Waals surface area contributed by atoms with Gasteiger partial charge >= 0.3 is 0 Å². The molecule has 0 aliphatic rings. The number of aromatic nitrogens is 3. The maximum absolute atomic E-state index is 8.78. The fourth-order valence-corrected chi connectivity index (χ4v) is 1.47. The summed E-state index contributed by atoms with van der Waals surface area (Å²) in [5.74, 6) is 0. The number of hydrogen-bond donors (Lipinski definition) is 1. The van der Waals surface area contributed by atoms with E-state index in [1.165, 1.54) is 0 Å². The number of aryl methyl sites for hydroxylation is 1. The number of hydrogen-bond acceptors (Lipinski definition) is 3. The van der Waals surface area contributed by atoms with E-state index in [4.69, 9.17) is 5.11 Å². The van der Waals surface area contributed by atoms with E-state index in [-0.39, 0.29) is 6.61 Å². The monoisotopic (exact) mass is 203 g/mol. The normalized spacial score (nSPS) is 10.5. The molecule has 0 spiro atoms. The van der Waals surface area contributed by atoms with Gasteiger partial charge in [-0.05, 0) is 25.0 Å². The highest BCUT2D eigenvalue weighted by Crippen LogP contribution is 2.09. The highest BCUT2D eigenvalue weighted by atomic mass is 16.2. The second-order valence-electron chi connectivity index (χ2n) is 3.30. The fourth-order valence-electron chi connectivity index (χ4n) is 1.47. The van der Waals surface area contributed by atoms with Crippen LogP contribution in [0.5, 0.6) is 0 Å². The minimum atomic E-state index is 0.194. The van der Waals surface area contributed by atoms with Crippen LogP contribution < -0.4 is 0 Å². The molecule has 0 bridgehead atoms. The molecule has 0 radical (unpaired) electrons. The second kappa shape index (κ2) is 4.70. The van der Waals surface area contributed by atoms with E-state index in [0.717, 1.165) is 24.2 Å². The molecular weight excluding hydrogens is 190 g/mol. The topological polar surface area (TPSA) is 50.9 Å². The first kappa shape index (κ1) is 9.86. The van der Waals surface area contributed by atoms with Crippen molar-refractivity contribution in [1.82, 2.24) is 15.0 Å². The number of nitrogens with zero attached hydrogens (tertiary/aromatic N) is 3. The van der Waals surface area contributed by atoms with Gasteiger partial charge in [-0.3, -0.25) is 0 Å². The number of benzene rings is 1. The highest BCUT2D eigenvalue weighted by Gasteiger charge is 2.04. The van der Waals surface area contributed by atoms with Gasteiger partial charge in [-0.15, -0.1) is 5.10 Å². The van der Waals surface area contributed by atoms with Crippen LogP contribution in [0.15, 0.2) is 36.5 Å². The van der Waals surface area contributed by atoms with Crippen LogP contribution in [-0.2, 0) is 6.42 Å². The molecule has 1 heterocycles. The Bertz CT molecular complexity index is 411. The maximum atomic E-state index is 8.78. The first-order valence-electron chi connectivity index (χ1n) is 4.97. The Kier molecular flexibility index (Phi) is 3.09. The Balaban J connectivity index is 2.25. The smallest absolute Gasteiger partial charge is 0.0729 e. The van der Waals surface area contributed by atoms with Crippen molar-refractivity contribution < 1.29 is 5.11 Å². The van der Waals surface area contributed by atoms with Crippen LogP contribution >= 0.6 is 0 Å². The van der Waals surface area contributed by atoms with Crippen LogP contribution in [0.2, 0.25) is 0 Å². The summed E-state index contributed by atoms with van der Waals surface area (Å²) in [5.41, 5.74) is 2.03. The molecule has 0 aliphatic carbocycles. The fraction of sp³-hybridized carbons (Fsp3) is 0.273. The Labute approximate surface area is 88.2 Å². The van der Waals surface area contributed by atoms with Gasteiger partial charge in [0.2, 0.25) is 0 Å². The summed E-state index contributed by atoms with van der Waals surface area (Å²) >= 11 is 0. The molecule has 4 heteroatoms. The zero-order valence-corrected chi connectivity index (χ0v) is 8.37. The van der Waals surface area contributed by atoms with Crippen LogP contribution in [0.25, 0.3) is 5.69 Å². The van der Waals surface area contributed by atoms with Crippen molar-refractivity contribution in [3.63, 3.8) is 0 Å². The molecule has 1 aromatic heterocycles. The van der Waals surface area contributed by atoms with Gasteiger partial charge in [-0.25, -0.2) is 4.68 Å². The summed E-state index contributed by atoms with van der Waals surface area (Å²) in [7, 11) is 0. The Morgan fingerprint density at radius 3 is 2.73 bits per heavy atom. The van der Waals surface area contributed by atoms with Crippen molar-refractivity contribution in [2.24, 2.45) is 0 Å². The van der Waals surface area contributed by atoms with E-state index in [1.54, 1.807) is 10.9 Å². The molecule has 78 valence electrons. The van der Waals surface area contributed by atoms with Crippen LogP contribution in [0.3, 0.4) is 0 Å². The predicted molar refractivity (Wildman–Crippen MR) is 56.8 cm³/mol. The van der Waals surface area contributed by atoms with Crippen LogP contribution in [-0.4, -0.2) is 26.7 Å². The van der Waals surface area contributed by atoms with E-state index in [0.29, 0.717) is 0 Å². The molecule has 15 heavy (non-hydrogen) atoms. The van der Waals surface area contributed by atoms with Crippen molar-refractivity contribution in [3.05, 3.63) is 42.2 Å². The lowest BCUT2D eigenvalue weighted by atomic mass is 10.2. The van der Waals surface area contributed by atoms with Crippen molar-refractivity contribution >= 4 is 0 Å². The second-order valence-corrected chi connectivity index (χ2v) is 3.30. The molecule has 0 unspecified atom stereocenters. The molecule has 2 rings (SSSR count). The average Bonchev–Trinajstić information content (AvgIpc) is 2.75. The lowest BCUT2D eigenvalue weighted by molar-refractivity contribution is 0.287. The summed E-state index contributed by atoms with van der Waals surface area (Å²) < 4.78 is 1.80. The van der Waals surface area contributed by atoms with Gasteiger partial charge < -0.3 is 5.11 Å². The van der Waals surface area contributed by atoms with Gasteiger partial charge in [0, 0.05) is 6.61 Å². The molecule has 0 saturated heterocycles. The SMILES string of the molecule is OCCCc1cnnn1-c1ccccc1. The highest BCUT2D eigenvalue weighted by molar-refractivity contribution is 5.31. The first-order chi connectivity index (χ1) is 7.42.